The normalized spacial score (nSPS) is 38.6. The largest absolute Gasteiger partial charge is 0.378 e. The Balaban J connectivity index is 1.88. The van der Waals surface area contributed by atoms with Gasteiger partial charge >= 0.3 is 0 Å². The lowest BCUT2D eigenvalue weighted by atomic mass is 9.96. The Bertz CT molecular complexity index is 191. The van der Waals surface area contributed by atoms with Gasteiger partial charge in [-0.2, -0.15) is 0 Å². The average molecular weight is 200 g/mol. The van der Waals surface area contributed by atoms with E-state index < -0.39 is 0 Å². The first-order valence-corrected chi connectivity index (χ1v) is 5.37. The van der Waals surface area contributed by atoms with E-state index in [2.05, 4.69) is 4.90 Å². The van der Waals surface area contributed by atoms with Crippen LogP contribution in [-0.2, 0) is 9.47 Å². The molecule has 0 aromatic heterocycles. The molecule has 2 aliphatic rings. The van der Waals surface area contributed by atoms with Crippen molar-refractivity contribution >= 4 is 0 Å². The third-order valence-electron chi connectivity index (χ3n) is 3.53. The van der Waals surface area contributed by atoms with E-state index in [-0.39, 0.29) is 5.60 Å². The summed E-state index contributed by atoms with van der Waals surface area (Å²) in [5, 5.41) is 0. The zero-order chi connectivity index (χ0) is 10.0. The monoisotopic (exact) mass is 200 g/mol. The summed E-state index contributed by atoms with van der Waals surface area (Å²) >= 11 is 0. The van der Waals surface area contributed by atoms with Gasteiger partial charge in [0.15, 0.2) is 0 Å². The van der Waals surface area contributed by atoms with Crippen LogP contribution in [0.5, 0.6) is 0 Å². The first kappa shape index (κ1) is 10.4. The highest BCUT2D eigenvalue weighted by Gasteiger charge is 2.40. The first-order chi connectivity index (χ1) is 6.79. The van der Waals surface area contributed by atoms with Gasteiger partial charge in [0.2, 0.25) is 0 Å². The highest BCUT2D eigenvalue weighted by atomic mass is 16.5. The smallest absolute Gasteiger partial charge is 0.106 e. The maximum Gasteiger partial charge on any atom is 0.106 e. The molecule has 0 aromatic carbocycles. The van der Waals surface area contributed by atoms with Crippen LogP contribution in [-0.4, -0.2) is 56.5 Å². The Morgan fingerprint density at radius 2 is 2.50 bits per heavy atom. The van der Waals surface area contributed by atoms with Gasteiger partial charge in [-0.3, -0.25) is 4.90 Å². The zero-order valence-electron chi connectivity index (χ0n) is 8.87. The standard InChI is InChI=1S/C10H20N2O2/c1-13-10(3-5-14-8-10)7-12-4-2-9(12)6-11/h9H,2-8,11H2,1H3. The van der Waals surface area contributed by atoms with E-state index in [1.807, 2.05) is 0 Å². The van der Waals surface area contributed by atoms with Crippen LogP contribution in [0.15, 0.2) is 0 Å². The summed E-state index contributed by atoms with van der Waals surface area (Å²) in [4.78, 5) is 2.41. The van der Waals surface area contributed by atoms with Gasteiger partial charge in [-0.15, -0.1) is 0 Å². The van der Waals surface area contributed by atoms with Gasteiger partial charge in [0.05, 0.1) is 6.61 Å². The lowest BCUT2D eigenvalue weighted by Crippen LogP contribution is -2.57. The molecule has 2 N–H and O–H groups in total. The van der Waals surface area contributed by atoms with Crippen molar-refractivity contribution in [1.29, 1.82) is 0 Å². The third kappa shape index (κ3) is 1.80. The molecular formula is C10H20N2O2. The first-order valence-electron chi connectivity index (χ1n) is 5.37. The van der Waals surface area contributed by atoms with Crippen LogP contribution in [0.4, 0.5) is 0 Å². The summed E-state index contributed by atoms with van der Waals surface area (Å²) in [7, 11) is 1.78. The van der Waals surface area contributed by atoms with Gasteiger partial charge < -0.3 is 15.2 Å². The highest BCUT2D eigenvalue weighted by Crippen LogP contribution is 2.27. The molecule has 82 valence electrons. The van der Waals surface area contributed by atoms with E-state index in [9.17, 15) is 0 Å². The van der Waals surface area contributed by atoms with E-state index >= 15 is 0 Å². The number of rotatable bonds is 4. The number of hydrogen-bond donors (Lipinski definition) is 1. The van der Waals surface area contributed by atoms with Gasteiger partial charge in [0.25, 0.3) is 0 Å². The molecule has 2 unspecified atom stereocenters. The van der Waals surface area contributed by atoms with Gasteiger partial charge in [-0.25, -0.2) is 0 Å². The fourth-order valence-electron chi connectivity index (χ4n) is 2.28. The summed E-state index contributed by atoms with van der Waals surface area (Å²) in [5.74, 6) is 0. The average Bonchev–Trinajstić information content (AvgIpc) is 2.63. The van der Waals surface area contributed by atoms with Crippen LogP contribution in [0.2, 0.25) is 0 Å². The second kappa shape index (κ2) is 4.14. The van der Waals surface area contributed by atoms with Crippen LogP contribution < -0.4 is 5.73 Å². The second-order valence-electron chi connectivity index (χ2n) is 4.34. The Morgan fingerprint density at radius 1 is 1.64 bits per heavy atom. The number of hydrogen-bond acceptors (Lipinski definition) is 4. The number of nitrogens with zero attached hydrogens (tertiary/aromatic N) is 1. The molecule has 2 saturated heterocycles. The lowest BCUT2D eigenvalue weighted by Gasteiger charge is -2.44. The van der Waals surface area contributed by atoms with E-state index in [0.717, 1.165) is 39.3 Å². The molecule has 4 nitrogen and oxygen atoms in total. The van der Waals surface area contributed by atoms with Gasteiger partial charge in [0, 0.05) is 45.8 Å². The molecule has 0 spiro atoms. The minimum atomic E-state index is -0.0617. The number of ether oxygens (including phenoxy) is 2. The minimum Gasteiger partial charge on any atom is -0.378 e. The quantitative estimate of drug-likeness (QED) is 0.684. The molecule has 0 amide bonds. The maximum atomic E-state index is 5.67. The summed E-state index contributed by atoms with van der Waals surface area (Å²) in [6.45, 7) is 4.46. The predicted octanol–water partition coefficient (Wildman–Crippen LogP) is -0.175. The van der Waals surface area contributed by atoms with Crippen LogP contribution in [0.25, 0.3) is 0 Å². The molecule has 0 aromatic rings. The van der Waals surface area contributed by atoms with E-state index in [1.165, 1.54) is 6.42 Å². The molecule has 2 rings (SSSR count). The molecule has 2 heterocycles. The number of likely N-dealkylation sites (tertiary alicyclic amines) is 1. The molecule has 4 heteroatoms. The van der Waals surface area contributed by atoms with Crippen molar-refractivity contribution in [2.24, 2.45) is 5.73 Å². The number of nitrogens with two attached hydrogens (primary N) is 1. The Labute approximate surface area is 85.3 Å². The van der Waals surface area contributed by atoms with Crippen molar-refractivity contribution < 1.29 is 9.47 Å². The highest BCUT2D eigenvalue weighted by molar-refractivity contribution is 4.93. The molecule has 2 aliphatic heterocycles. The second-order valence-corrected chi connectivity index (χ2v) is 4.34. The van der Waals surface area contributed by atoms with Crippen molar-refractivity contribution in [3.63, 3.8) is 0 Å². The zero-order valence-corrected chi connectivity index (χ0v) is 8.87. The van der Waals surface area contributed by atoms with E-state index in [1.54, 1.807) is 7.11 Å². The van der Waals surface area contributed by atoms with Crippen molar-refractivity contribution in [3.8, 4) is 0 Å². The van der Waals surface area contributed by atoms with Crippen LogP contribution in [0.1, 0.15) is 12.8 Å². The molecule has 2 fully saturated rings. The summed E-state index contributed by atoms with van der Waals surface area (Å²) < 4.78 is 11.0. The molecule has 2 atom stereocenters. The lowest BCUT2D eigenvalue weighted by molar-refractivity contribution is -0.0657. The van der Waals surface area contributed by atoms with E-state index in [0.29, 0.717) is 6.04 Å². The third-order valence-corrected chi connectivity index (χ3v) is 3.53. The predicted molar refractivity (Wildman–Crippen MR) is 54.2 cm³/mol. The SMILES string of the molecule is COC1(CN2CCC2CN)CCOC1. The topological polar surface area (TPSA) is 47.7 Å². The molecule has 0 bridgehead atoms. The molecule has 0 aliphatic carbocycles. The van der Waals surface area contributed by atoms with Crippen molar-refractivity contribution in [1.82, 2.24) is 4.90 Å². The number of methoxy groups -OCH3 is 1. The summed E-state index contributed by atoms with van der Waals surface area (Å²) in [5.41, 5.74) is 5.61. The van der Waals surface area contributed by atoms with Crippen molar-refractivity contribution in [2.45, 2.75) is 24.5 Å². The van der Waals surface area contributed by atoms with E-state index in [4.69, 9.17) is 15.2 Å². The fourth-order valence-corrected chi connectivity index (χ4v) is 2.28. The molecule has 14 heavy (non-hydrogen) atoms. The van der Waals surface area contributed by atoms with Crippen molar-refractivity contribution in [3.05, 3.63) is 0 Å². The van der Waals surface area contributed by atoms with Crippen LogP contribution in [0.3, 0.4) is 0 Å². The van der Waals surface area contributed by atoms with Gasteiger partial charge in [-0.1, -0.05) is 0 Å². The summed E-state index contributed by atoms with van der Waals surface area (Å²) in [6, 6.07) is 0.572. The van der Waals surface area contributed by atoms with Crippen molar-refractivity contribution in [2.75, 3.05) is 40.0 Å². The Hall–Kier alpha value is -0.160. The molecular weight excluding hydrogens is 180 g/mol. The van der Waals surface area contributed by atoms with Gasteiger partial charge in [-0.05, 0) is 6.42 Å². The van der Waals surface area contributed by atoms with Crippen LogP contribution in [0, 0.1) is 0 Å². The molecule has 0 saturated carbocycles. The Morgan fingerprint density at radius 3 is 2.93 bits per heavy atom. The fraction of sp³-hybridized carbons (Fsp3) is 1.00. The van der Waals surface area contributed by atoms with Gasteiger partial charge in [0.1, 0.15) is 5.60 Å². The van der Waals surface area contributed by atoms with Crippen LogP contribution >= 0.6 is 0 Å². The Kier molecular flexibility index (Phi) is 3.07. The maximum absolute atomic E-state index is 5.67. The molecule has 0 radical (unpaired) electrons. The summed E-state index contributed by atoms with van der Waals surface area (Å²) in [6.07, 6.45) is 2.24. The minimum absolute atomic E-state index is 0.0617.